The van der Waals surface area contributed by atoms with Crippen molar-refractivity contribution in [2.24, 2.45) is 11.3 Å². The minimum absolute atomic E-state index is 0.0493. The van der Waals surface area contributed by atoms with Gasteiger partial charge in [-0.25, -0.2) is 4.79 Å². The number of fused-ring (bicyclic) bond motifs is 1. The topological polar surface area (TPSA) is 57.6 Å². The Balaban J connectivity index is 1.68. The number of aromatic nitrogens is 1. The van der Waals surface area contributed by atoms with Crippen molar-refractivity contribution in [3.63, 3.8) is 0 Å². The molecule has 2 amide bonds. The van der Waals surface area contributed by atoms with Crippen LogP contribution in [0.5, 0.6) is 0 Å². The van der Waals surface area contributed by atoms with E-state index in [1.54, 1.807) is 16.8 Å². The van der Waals surface area contributed by atoms with Crippen LogP contribution in [-0.4, -0.2) is 53.6 Å². The van der Waals surface area contributed by atoms with E-state index < -0.39 is 0 Å². The molecule has 1 aromatic heterocycles. The summed E-state index contributed by atoms with van der Waals surface area (Å²) >= 11 is 0. The summed E-state index contributed by atoms with van der Waals surface area (Å²) in [4.78, 5) is 28.3. The van der Waals surface area contributed by atoms with Gasteiger partial charge in [0.2, 0.25) is 0 Å². The molecule has 2 aliphatic rings. The molecule has 0 unspecified atom stereocenters. The predicted molar refractivity (Wildman–Crippen MR) is 86.1 cm³/mol. The summed E-state index contributed by atoms with van der Waals surface area (Å²) in [6.45, 7) is 8.47. The van der Waals surface area contributed by atoms with Gasteiger partial charge in [-0.1, -0.05) is 6.92 Å². The minimum Gasteiger partial charge on any atom is -0.324 e. The number of hydrogen-bond donors (Lipinski definition) is 1. The SMILES string of the molecule is CCn1cc(NC(=O)N2C[C@@H]3CN(C)C[C@]3(C)C2)ccc1=O. The number of carbonyl (C=O) groups excluding carboxylic acids is 1. The molecule has 0 bridgehead atoms. The van der Waals surface area contributed by atoms with Crippen LogP contribution in [0.15, 0.2) is 23.1 Å². The molecule has 120 valence electrons. The molecule has 2 saturated heterocycles. The van der Waals surface area contributed by atoms with E-state index in [0.29, 0.717) is 18.2 Å². The molecule has 3 rings (SSSR count). The number of hydrogen-bond acceptors (Lipinski definition) is 3. The van der Waals surface area contributed by atoms with Crippen molar-refractivity contribution in [3.05, 3.63) is 28.7 Å². The molecule has 0 aromatic carbocycles. The first-order valence-corrected chi connectivity index (χ1v) is 7.86. The Morgan fingerprint density at radius 3 is 2.82 bits per heavy atom. The normalized spacial score (nSPS) is 28.0. The van der Waals surface area contributed by atoms with E-state index in [9.17, 15) is 9.59 Å². The quantitative estimate of drug-likeness (QED) is 0.895. The second-order valence-corrected chi connectivity index (χ2v) is 6.90. The molecule has 0 aliphatic carbocycles. The lowest BCUT2D eigenvalue weighted by atomic mass is 9.83. The van der Waals surface area contributed by atoms with Crippen LogP contribution in [0.2, 0.25) is 0 Å². The minimum atomic E-state index is -0.0698. The average Bonchev–Trinajstić information content (AvgIpc) is 2.91. The van der Waals surface area contributed by atoms with Crippen LogP contribution in [0.1, 0.15) is 13.8 Å². The summed E-state index contributed by atoms with van der Waals surface area (Å²) in [7, 11) is 2.14. The van der Waals surface area contributed by atoms with E-state index >= 15 is 0 Å². The third-order valence-corrected chi connectivity index (χ3v) is 5.00. The third-order valence-electron chi connectivity index (χ3n) is 5.00. The Labute approximate surface area is 130 Å². The number of pyridine rings is 1. The molecule has 1 N–H and O–H groups in total. The Kier molecular flexibility index (Phi) is 3.72. The average molecular weight is 304 g/mol. The van der Waals surface area contributed by atoms with Crippen LogP contribution < -0.4 is 10.9 Å². The fraction of sp³-hybridized carbons (Fsp3) is 0.625. The highest BCUT2D eigenvalue weighted by Gasteiger charge is 2.49. The largest absolute Gasteiger partial charge is 0.324 e. The predicted octanol–water partition coefficient (Wildman–Crippen LogP) is 1.28. The fourth-order valence-electron chi connectivity index (χ4n) is 3.84. The van der Waals surface area contributed by atoms with E-state index in [1.165, 1.54) is 6.07 Å². The number of likely N-dealkylation sites (tertiary alicyclic amines) is 2. The van der Waals surface area contributed by atoms with Gasteiger partial charge in [-0.2, -0.15) is 0 Å². The molecule has 3 heterocycles. The number of nitrogens with one attached hydrogen (secondary N) is 1. The lowest BCUT2D eigenvalue weighted by molar-refractivity contribution is 0.209. The third kappa shape index (κ3) is 2.63. The second kappa shape index (κ2) is 5.43. The molecule has 6 heteroatoms. The first-order valence-electron chi connectivity index (χ1n) is 7.86. The van der Waals surface area contributed by atoms with Gasteiger partial charge in [0, 0.05) is 50.4 Å². The summed E-state index contributed by atoms with van der Waals surface area (Å²) in [6, 6.07) is 3.09. The van der Waals surface area contributed by atoms with Crippen molar-refractivity contribution in [1.29, 1.82) is 0 Å². The van der Waals surface area contributed by atoms with E-state index in [1.807, 2.05) is 11.8 Å². The molecule has 0 saturated carbocycles. The van der Waals surface area contributed by atoms with Crippen molar-refractivity contribution in [2.45, 2.75) is 20.4 Å². The van der Waals surface area contributed by atoms with Crippen LogP contribution in [0.3, 0.4) is 0 Å². The molecule has 0 spiro atoms. The van der Waals surface area contributed by atoms with Gasteiger partial charge in [0.25, 0.3) is 5.56 Å². The van der Waals surface area contributed by atoms with Crippen molar-refractivity contribution in [3.8, 4) is 0 Å². The molecular formula is C16H24N4O2. The zero-order chi connectivity index (χ0) is 15.9. The molecule has 6 nitrogen and oxygen atoms in total. The smallest absolute Gasteiger partial charge is 0.321 e. The zero-order valence-electron chi connectivity index (χ0n) is 13.5. The molecule has 0 radical (unpaired) electrons. The van der Waals surface area contributed by atoms with Crippen molar-refractivity contribution >= 4 is 11.7 Å². The lowest BCUT2D eigenvalue weighted by Gasteiger charge is -2.24. The van der Waals surface area contributed by atoms with Gasteiger partial charge in [-0.05, 0) is 26.0 Å². The summed E-state index contributed by atoms with van der Waals surface area (Å²) in [5.41, 5.74) is 0.825. The number of amides is 2. The van der Waals surface area contributed by atoms with Crippen molar-refractivity contribution in [2.75, 3.05) is 38.5 Å². The number of anilines is 1. The number of aryl methyl sites for hydroxylation is 1. The van der Waals surface area contributed by atoms with E-state index in [-0.39, 0.29) is 17.0 Å². The Bertz CT molecular complexity index is 641. The molecule has 22 heavy (non-hydrogen) atoms. The lowest BCUT2D eigenvalue weighted by Crippen LogP contribution is -2.37. The van der Waals surface area contributed by atoms with Crippen LogP contribution in [0.4, 0.5) is 10.5 Å². The van der Waals surface area contributed by atoms with Crippen molar-refractivity contribution < 1.29 is 4.79 Å². The molecular weight excluding hydrogens is 280 g/mol. The monoisotopic (exact) mass is 304 g/mol. The summed E-state index contributed by atoms with van der Waals surface area (Å²) in [6.07, 6.45) is 1.70. The van der Waals surface area contributed by atoms with Gasteiger partial charge in [0.15, 0.2) is 0 Å². The molecule has 2 fully saturated rings. The zero-order valence-corrected chi connectivity index (χ0v) is 13.5. The number of carbonyl (C=O) groups is 1. The highest BCUT2D eigenvalue weighted by Crippen LogP contribution is 2.41. The maximum absolute atomic E-state index is 12.5. The first kappa shape index (κ1) is 15.1. The Morgan fingerprint density at radius 2 is 2.14 bits per heavy atom. The van der Waals surface area contributed by atoms with E-state index in [2.05, 4.69) is 24.2 Å². The van der Waals surface area contributed by atoms with E-state index in [0.717, 1.165) is 26.2 Å². The summed E-state index contributed by atoms with van der Waals surface area (Å²) in [5.74, 6) is 0.549. The van der Waals surface area contributed by atoms with Gasteiger partial charge in [-0.3, -0.25) is 4.79 Å². The summed E-state index contributed by atoms with van der Waals surface area (Å²) in [5, 5.41) is 2.92. The van der Waals surface area contributed by atoms with Gasteiger partial charge in [0.05, 0.1) is 5.69 Å². The standard InChI is InChI=1S/C16H24N4O2/c1-4-19-9-13(5-6-14(19)21)17-15(22)20-8-12-7-18(3)10-16(12,2)11-20/h5-6,9,12H,4,7-8,10-11H2,1-3H3,(H,17,22)/t12-,16+/m0/s1. The molecule has 1 aromatic rings. The number of rotatable bonds is 2. The van der Waals surface area contributed by atoms with Gasteiger partial charge in [0.1, 0.15) is 0 Å². The van der Waals surface area contributed by atoms with Crippen LogP contribution >= 0.6 is 0 Å². The number of nitrogens with zero attached hydrogens (tertiary/aromatic N) is 3. The highest BCUT2D eigenvalue weighted by molar-refractivity contribution is 5.89. The Hall–Kier alpha value is -1.82. The van der Waals surface area contributed by atoms with Gasteiger partial charge >= 0.3 is 6.03 Å². The van der Waals surface area contributed by atoms with Gasteiger partial charge in [-0.15, -0.1) is 0 Å². The molecule has 2 aliphatic heterocycles. The van der Waals surface area contributed by atoms with Gasteiger partial charge < -0.3 is 19.7 Å². The van der Waals surface area contributed by atoms with Crippen LogP contribution in [-0.2, 0) is 6.54 Å². The van der Waals surface area contributed by atoms with E-state index in [4.69, 9.17) is 0 Å². The number of urea groups is 1. The summed E-state index contributed by atoms with van der Waals surface area (Å²) < 4.78 is 1.59. The first-order chi connectivity index (χ1) is 10.4. The maximum atomic E-state index is 12.5. The fourth-order valence-corrected chi connectivity index (χ4v) is 3.84. The highest BCUT2D eigenvalue weighted by atomic mass is 16.2. The maximum Gasteiger partial charge on any atom is 0.321 e. The second-order valence-electron chi connectivity index (χ2n) is 6.90. The molecule has 2 atom stereocenters. The van der Waals surface area contributed by atoms with Crippen molar-refractivity contribution in [1.82, 2.24) is 14.4 Å². The van der Waals surface area contributed by atoms with Crippen LogP contribution in [0.25, 0.3) is 0 Å². The Morgan fingerprint density at radius 1 is 1.36 bits per heavy atom. The van der Waals surface area contributed by atoms with Crippen LogP contribution in [0, 0.1) is 11.3 Å².